The van der Waals surface area contributed by atoms with Gasteiger partial charge in [0.25, 0.3) is 15.7 Å². The zero-order chi connectivity index (χ0) is 28.5. The summed E-state index contributed by atoms with van der Waals surface area (Å²) in [7, 11) is -8.73. The molecule has 0 saturated heterocycles. The quantitative estimate of drug-likeness (QED) is 0.116. The predicted molar refractivity (Wildman–Crippen MR) is 146 cm³/mol. The summed E-state index contributed by atoms with van der Waals surface area (Å²) in [6.45, 7) is 0. The van der Waals surface area contributed by atoms with E-state index in [1.807, 2.05) is 30.3 Å². The minimum absolute atomic E-state index is 0.132. The van der Waals surface area contributed by atoms with Crippen LogP contribution in [-0.4, -0.2) is 21.8 Å². The van der Waals surface area contributed by atoms with Gasteiger partial charge in [-0.3, -0.25) is 14.8 Å². The lowest BCUT2D eigenvalue weighted by molar-refractivity contribution is -0.385. The largest absolute Gasteiger partial charge is 0.417 e. The molecule has 1 heterocycles. The molecule has 0 saturated carbocycles. The molecule has 0 aliphatic heterocycles. The van der Waals surface area contributed by atoms with E-state index in [9.17, 15) is 31.7 Å². The molecule has 4 aromatic carbocycles. The van der Waals surface area contributed by atoms with Crippen LogP contribution in [0.2, 0.25) is 0 Å². The smallest absolute Gasteiger partial charge is 0.360 e. The molecular weight excluding hydrogens is 560 g/mol. The molecule has 11 nitrogen and oxygen atoms in total. The number of benzene rings is 4. The summed E-state index contributed by atoms with van der Waals surface area (Å²) < 4.78 is 64.1. The number of hydrogen-bond donors (Lipinski definition) is 1. The van der Waals surface area contributed by atoms with Crippen LogP contribution in [0.3, 0.4) is 0 Å². The van der Waals surface area contributed by atoms with Gasteiger partial charge in [-0.25, -0.2) is 13.2 Å². The summed E-state index contributed by atoms with van der Waals surface area (Å²) >= 11 is 0. The fourth-order valence-corrected chi connectivity index (χ4v) is 5.85. The van der Waals surface area contributed by atoms with E-state index in [0.717, 1.165) is 35.4 Å². The second kappa shape index (κ2) is 10.3. The fourth-order valence-electron chi connectivity index (χ4n) is 3.83. The van der Waals surface area contributed by atoms with Crippen LogP contribution in [0.15, 0.2) is 122 Å². The first-order valence-electron chi connectivity index (χ1n) is 11.5. The topological polar surface area (TPSA) is 163 Å². The first-order chi connectivity index (χ1) is 19.0. The zero-order valence-electron chi connectivity index (χ0n) is 20.3. The minimum atomic E-state index is -4.40. The maximum absolute atomic E-state index is 13.0. The van der Waals surface area contributed by atoms with E-state index in [0.29, 0.717) is 0 Å². The van der Waals surface area contributed by atoms with Gasteiger partial charge in [0.05, 0.1) is 9.82 Å². The molecule has 13 heteroatoms. The fraction of sp³-hybridized carbons (Fsp3) is 0. The SMILES string of the molecule is O=c1oc2c(OS(=O)(=O)c3ccc(-c4ccccc4)cc3)cccc2cc1NS(=O)(=O)c1cccc([N+](=O)[O-])c1. The monoisotopic (exact) mass is 578 g/mol. The van der Waals surface area contributed by atoms with Crippen molar-refractivity contribution in [2.24, 2.45) is 0 Å². The van der Waals surface area contributed by atoms with E-state index in [4.69, 9.17) is 8.60 Å². The van der Waals surface area contributed by atoms with E-state index in [1.165, 1.54) is 36.4 Å². The second-order valence-electron chi connectivity index (χ2n) is 8.41. The van der Waals surface area contributed by atoms with Crippen molar-refractivity contribution in [2.45, 2.75) is 9.79 Å². The molecule has 1 N–H and O–H groups in total. The van der Waals surface area contributed by atoms with E-state index >= 15 is 0 Å². The molecule has 1 aromatic heterocycles. The number of nitro benzene ring substituents is 1. The summed E-state index contributed by atoms with van der Waals surface area (Å²) in [5, 5.41) is 11.2. The molecule has 5 aromatic rings. The molecule has 0 spiro atoms. The Hall–Kier alpha value is -5.01. The van der Waals surface area contributed by atoms with Gasteiger partial charge in [0.2, 0.25) is 0 Å². The van der Waals surface area contributed by atoms with Crippen LogP contribution in [-0.2, 0) is 20.1 Å². The van der Waals surface area contributed by atoms with Crippen LogP contribution < -0.4 is 14.5 Å². The normalized spacial score (nSPS) is 11.7. The summed E-state index contributed by atoms with van der Waals surface area (Å²) in [4.78, 5) is 22.3. The molecule has 0 fully saturated rings. The lowest BCUT2D eigenvalue weighted by Gasteiger charge is -2.11. The number of nitrogens with one attached hydrogen (secondary N) is 1. The molecule has 40 heavy (non-hydrogen) atoms. The van der Waals surface area contributed by atoms with E-state index in [1.54, 1.807) is 12.1 Å². The van der Waals surface area contributed by atoms with Crippen LogP contribution in [0.25, 0.3) is 22.1 Å². The highest BCUT2D eigenvalue weighted by atomic mass is 32.2. The number of hydrogen-bond acceptors (Lipinski definition) is 9. The van der Waals surface area contributed by atoms with Crippen molar-refractivity contribution in [3.05, 3.63) is 124 Å². The lowest BCUT2D eigenvalue weighted by atomic mass is 10.1. The molecule has 0 radical (unpaired) electrons. The molecule has 5 rings (SSSR count). The first kappa shape index (κ1) is 26.6. The number of non-ortho nitro benzene ring substituents is 1. The molecule has 0 amide bonds. The van der Waals surface area contributed by atoms with Crippen molar-refractivity contribution < 1.29 is 30.4 Å². The highest BCUT2D eigenvalue weighted by Crippen LogP contribution is 2.30. The van der Waals surface area contributed by atoms with Gasteiger partial charge in [-0.2, -0.15) is 8.42 Å². The number of fused-ring (bicyclic) bond motifs is 1. The van der Waals surface area contributed by atoms with Crippen LogP contribution >= 0.6 is 0 Å². The average molecular weight is 579 g/mol. The third-order valence-electron chi connectivity index (χ3n) is 5.76. The molecular formula is C27H18N2O9S2. The van der Waals surface area contributed by atoms with Crippen LogP contribution in [0, 0.1) is 10.1 Å². The van der Waals surface area contributed by atoms with Crippen molar-refractivity contribution in [1.29, 1.82) is 0 Å². The van der Waals surface area contributed by atoms with Crippen molar-refractivity contribution in [3.8, 4) is 16.9 Å². The van der Waals surface area contributed by atoms with E-state index in [2.05, 4.69) is 4.72 Å². The molecule has 0 aliphatic rings. The average Bonchev–Trinajstić information content (AvgIpc) is 2.94. The summed E-state index contributed by atoms with van der Waals surface area (Å²) in [6, 6.07) is 25.0. The molecule has 0 bridgehead atoms. The Labute approximate surface area is 227 Å². The van der Waals surface area contributed by atoms with E-state index in [-0.39, 0.29) is 21.6 Å². The Kier molecular flexibility index (Phi) is 6.83. The van der Waals surface area contributed by atoms with Gasteiger partial charge in [-0.05, 0) is 41.5 Å². The van der Waals surface area contributed by atoms with Gasteiger partial charge < -0.3 is 8.60 Å². The standard InChI is InChI=1S/C27H18N2O9S2/c30-27-24(28-39(33,34)23-10-5-9-21(17-23)29(31)32)16-20-8-4-11-25(26(20)37-27)38-40(35,36)22-14-12-19(13-15-22)18-6-2-1-3-7-18/h1-17,28H. The number of rotatable bonds is 8. The Bertz CT molecular complexity index is 2020. The van der Waals surface area contributed by atoms with E-state index < -0.39 is 47.0 Å². The Morgan fingerprint density at radius 3 is 2.12 bits per heavy atom. The Morgan fingerprint density at radius 1 is 0.750 bits per heavy atom. The van der Waals surface area contributed by atoms with Gasteiger partial charge in [0.15, 0.2) is 11.3 Å². The van der Waals surface area contributed by atoms with Gasteiger partial charge in [0, 0.05) is 17.5 Å². The molecule has 0 atom stereocenters. The predicted octanol–water partition coefficient (Wildman–Crippen LogP) is 4.94. The summed E-state index contributed by atoms with van der Waals surface area (Å²) in [5.41, 5.74) is -0.602. The maximum atomic E-state index is 13.0. The number of sulfonamides is 1. The highest BCUT2D eigenvalue weighted by molar-refractivity contribution is 7.92. The first-order valence-corrected chi connectivity index (χ1v) is 14.4. The maximum Gasteiger partial charge on any atom is 0.360 e. The summed E-state index contributed by atoms with van der Waals surface area (Å²) in [5.74, 6) is -0.283. The number of nitro groups is 1. The zero-order valence-corrected chi connectivity index (χ0v) is 21.9. The van der Waals surface area contributed by atoms with Crippen LogP contribution in [0.5, 0.6) is 5.75 Å². The van der Waals surface area contributed by atoms with Gasteiger partial charge in [-0.1, -0.05) is 60.7 Å². The third kappa shape index (κ3) is 5.41. The van der Waals surface area contributed by atoms with Gasteiger partial charge >= 0.3 is 15.7 Å². The summed E-state index contributed by atoms with van der Waals surface area (Å²) in [6.07, 6.45) is 0. The van der Waals surface area contributed by atoms with Crippen molar-refractivity contribution in [1.82, 2.24) is 0 Å². The molecule has 202 valence electrons. The third-order valence-corrected chi connectivity index (χ3v) is 8.37. The lowest BCUT2D eigenvalue weighted by Crippen LogP contribution is -2.18. The molecule has 0 aliphatic carbocycles. The van der Waals surface area contributed by atoms with Gasteiger partial charge in [-0.15, -0.1) is 0 Å². The highest BCUT2D eigenvalue weighted by Gasteiger charge is 2.23. The Morgan fingerprint density at radius 2 is 1.43 bits per heavy atom. The van der Waals surface area contributed by atoms with Crippen LogP contribution in [0.1, 0.15) is 0 Å². The van der Waals surface area contributed by atoms with Crippen molar-refractivity contribution in [2.75, 3.05) is 4.72 Å². The van der Waals surface area contributed by atoms with Gasteiger partial charge in [0.1, 0.15) is 10.6 Å². The minimum Gasteiger partial charge on any atom is -0.417 e. The van der Waals surface area contributed by atoms with Crippen molar-refractivity contribution in [3.63, 3.8) is 0 Å². The molecule has 0 unspecified atom stereocenters. The number of para-hydroxylation sites is 1. The van der Waals surface area contributed by atoms with Crippen LogP contribution in [0.4, 0.5) is 11.4 Å². The van der Waals surface area contributed by atoms with Crippen molar-refractivity contribution >= 4 is 42.5 Å². The second-order valence-corrected chi connectivity index (χ2v) is 11.6. The number of anilines is 1. The number of nitrogens with zero attached hydrogens (tertiary/aromatic N) is 1. The Balaban J connectivity index is 1.44.